The predicted molar refractivity (Wildman–Crippen MR) is 60.0 cm³/mol. The van der Waals surface area contributed by atoms with Crippen LogP contribution in [-0.4, -0.2) is 16.1 Å². The highest BCUT2D eigenvalue weighted by Crippen LogP contribution is 2.35. The number of anilines is 1. The van der Waals surface area contributed by atoms with Gasteiger partial charge in [0, 0.05) is 17.9 Å². The van der Waals surface area contributed by atoms with Crippen LogP contribution in [0.4, 0.5) is 14.6 Å². The number of hydrogen-bond acceptors (Lipinski definition) is 2. The third-order valence-corrected chi connectivity index (χ3v) is 3.04. The second-order valence-corrected chi connectivity index (χ2v) is 4.18. The number of nitrogens with one attached hydrogen (secondary N) is 2. The first-order valence-corrected chi connectivity index (χ1v) is 5.43. The molecule has 2 heterocycles. The maximum atomic E-state index is 13.2. The van der Waals surface area contributed by atoms with E-state index in [1.807, 2.05) is 0 Å². The van der Waals surface area contributed by atoms with Gasteiger partial charge in [0.05, 0.1) is 6.20 Å². The van der Waals surface area contributed by atoms with E-state index in [1.165, 1.54) is 6.07 Å². The summed E-state index contributed by atoms with van der Waals surface area (Å²) < 4.78 is 26.1. The summed E-state index contributed by atoms with van der Waals surface area (Å²) in [5.74, 6) is -1.78. The minimum atomic E-state index is -0.913. The molecule has 1 atom stereocenters. The largest absolute Gasteiger partial charge is 0.311 e. The number of aromatic amines is 1. The number of carbonyl (C=O) groups is 1. The van der Waals surface area contributed by atoms with E-state index in [4.69, 9.17) is 0 Å². The van der Waals surface area contributed by atoms with E-state index in [0.717, 1.165) is 17.7 Å². The highest BCUT2D eigenvalue weighted by Gasteiger charge is 2.28. The van der Waals surface area contributed by atoms with Gasteiger partial charge in [-0.1, -0.05) is 6.07 Å². The first-order chi connectivity index (χ1) is 8.65. The number of H-pyrrole nitrogens is 1. The van der Waals surface area contributed by atoms with Crippen molar-refractivity contribution in [3.8, 4) is 0 Å². The van der Waals surface area contributed by atoms with Crippen LogP contribution in [0, 0.1) is 11.6 Å². The number of amides is 1. The number of rotatable bonds is 1. The number of hydrogen-bond donors (Lipinski definition) is 2. The van der Waals surface area contributed by atoms with Gasteiger partial charge in [-0.15, -0.1) is 0 Å². The zero-order chi connectivity index (χ0) is 12.7. The molecule has 1 amide bonds. The van der Waals surface area contributed by atoms with Gasteiger partial charge in [0.25, 0.3) is 0 Å². The van der Waals surface area contributed by atoms with Gasteiger partial charge in [0.2, 0.25) is 5.91 Å². The summed E-state index contributed by atoms with van der Waals surface area (Å²) >= 11 is 0. The lowest BCUT2D eigenvalue weighted by Gasteiger charge is -2.22. The summed E-state index contributed by atoms with van der Waals surface area (Å²) in [6.07, 6.45) is 1.78. The minimum Gasteiger partial charge on any atom is -0.311 e. The van der Waals surface area contributed by atoms with Gasteiger partial charge in [0.1, 0.15) is 5.82 Å². The van der Waals surface area contributed by atoms with E-state index in [2.05, 4.69) is 15.5 Å². The normalized spacial score (nSPS) is 18.3. The number of fused-ring (bicyclic) bond motifs is 1. The van der Waals surface area contributed by atoms with E-state index in [9.17, 15) is 13.6 Å². The smallest absolute Gasteiger partial charge is 0.226 e. The fourth-order valence-electron chi connectivity index (χ4n) is 2.17. The number of benzene rings is 1. The fraction of sp³-hybridized carbons (Fsp3) is 0.167. The Morgan fingerprint density at radius 3 is 2.89 bits per heavy atom. The van der Waals surface area contributed by atoms with Gasteiger partial charge in [0.15, 0.2) is 11.6 Å². The first kappa shape index (κ1) is 10.9. The van der Waals surface area contributed by atoms with Gasteiger partial charge in [-0.05, 0) is 17.7 Å². The molecule has 1 aromatic heterocycles. The summed E-state index contributed by atoms with van der Waals surface area (Å²) in [4.78, 5) is 11.5. The topological polar surface area (TPSA) is 57.8 Å². The van der Waals surface area contributed by atoms with Gasteiger partial charge >= 0.3 is 0 Å². The Balaban J connectivity index is 2.07. The number of nitrogens with zero attached hydrogens (tertiary/aromatic N) is 1. The molecule has 1 aromatic carbocycles. The van der Waals surface area contributed by atoms with Crippen molar-refractivity contribution >= 4 is 11.7 Å². The average molecular weight is 249 g/mol. The van der Waals surface area contributed by atoms with Crippen molar-refractivity contribution in [1.82, 2.24) is 10.2 Å². The first-order valence-electron chi connectivity index (χ1n) is 5.43. The second kappa shape index (κ2) is 3.90. The summed E-state index contributed by atoms with van der Waals surface area (Å²) in [5, 5.41) is 9.15. The number of halogens is 2. The fourth-order valence-corrected chi connectivity index (χ4v) is 2.17. The molecule has 2 N–H and O–H groups in total. The van der Waals surface area contributed by atoms with Crippen LogP contribution in [0.2, 0.25) is 0 Å². The molecule has 3 rings (SSSR count). The van der Waals surface area contributed by atoms with Crippen molar-refractivity contribution in [2.45, 2.75) is 12.3 Å². The molecule has 4 nitrogen and oxygen atoms in total. The molecule has 0 spiro atoms. The zero-order valence-electron chi connectivity index (χ0n) is 9.21. The highest BCUT2D eigenvalue weighted by molar-refractivity contribution is 5.94. The summed E-state index contributed by atoms with van der Waals surface area (Å²) in [5.41, 5.74) is 1.34. The van der Waals surface area contributed by atoms with Crippen LogP contribution in [0.25, 0.3) is 0 Å². The molecule has 0 saturated carbocycles. The zero-order valence-corrected chi connectivity index (χ0v) is 9.21. The van der Waals surface area contributed by atoms with Crippen LogP contribution < -0.4 is 5.32 Å². The Morgan fingerprint density at radius 2 is 2.11 bits per heavy atom. The molecular formula is C12H9F2N3O. The third-order valence-electron chi connectivity index (χ3n) is 3.04. The number of carbonyl (C=O) groups excluding carboxylic acids is 1. The molecule has 6 heteroatoms. The van der Waals surface area contributed by atoms with Crippen LogP contribution >= 0.6 is 0 Å². The lowest BCUT2D eigenvalue weighted by molar-refractivity contribution is -0.116. The maximum absolute atomic E-state index is 13.2. The van der Waals surface area contributed by atoms with Crippen LogP contribution in [0.1, 0.15) is 23.5 Å². The summed E-state index contributed by atoms with van der Waals surface area (Å²) in [7, 11) is 0. The van der Waals surface area contributed by atoms with E-state index >= 15 is 0 Å². The molecule has 92 valence electrons. The molecule has 18 heavy (non-hydrogen) atoms. The summed E-state index contributed by atoms with van der Waals surface area (Å²) in [6.45, 7) is 0. The standard InChI is InChI=1S/C12H9F2N3O/c13-9-2-1-6(3-10(9)14)7-4-11(18)16-12-8(7)5-15-17-12/h1-3,5,7H,4H2,(H2,15,16,17,18). The minimum absolute atomic E-state index is 0.179. The van der Waals surface area contributed by atoms with Gasteiger partial charge in [-0.25, -0.2) is 8.78 Å². The van der Waals surface area contributed by atoms with Gasteiger partial charge in [-0.3, -0.25) is 9.89 Å². The molecule has 0 radical (unpaired) electrons. The molecule has 1 aliphatic rings. The lowest BCUT2D eigenvalue weighted by atomic mass is 9.87. The molecule has 0 aliphatic carbocycles. The average Bonchev–Trinajstić information content (AvgIpc) is 2.79. The summed E-state index contributed by atoms with van der Waals surface area (Å²) in [6, 6.07) is 3.67. The monoisotopic (exact) mass is 249 g/mol. The Labute approximate surface area is 101 Å². The van der Waals surface area contributed by atoms with Crippen molar-refractivity contribution in [2.24, 2.45) is 0 Å². The molecule has 0 fully saturated rings. The highest BCUT2D eigenvalue weighted by atomic mass is 19.2. The molecule has 0 bridgehead atoms. The van der Waals surface area contributed by atoms with E-state index in [-0.39, 0.29) is 18.2 Å². The molecule has 2 aromatic rings. The molecular weight excluding hydrogens is 240 g/mol. The predicted octanol–water partition coefficient (Wildman–Crippen LogP) is 2.16. The lowest BCUT2D eigenvalue weighted by Crippen LogP contribution is -2.23. The van der Waals surface area contributed by atoms with Crippen molar-refractivity contribution in [3.05, 3.63) is 47.2 Å². The van der Waals surface area contributed by atoms with Crippen LogP contribution in [0.3, 0.4) is 0 Å². The van der Waals surface area contributed by atoms with Crippen molar-refractivity contribution in [3.63, 3.8) is 0 Å². The number of aromatic nitrogens is 2. The van der Waals surface area contributed by atoms with Gasteiger partial charge in [-0.2, -0.15) is 5.10 Å². The van der Waals surface area contributed by atoms with E-state index in [1.54, 1.807) is 6.20 Å². The third kappa shape index (κ3) is 1.66. The SMILES string of the molecule is O=C1CC(c2ccc(F)c(F)c2)c2cn[nH]c2N1. The van der Waals surface area contributed by atoms with E-state index in [0.29, 0.717) is 11.4 Å². The van der Waals surface area contributed by atoms with Crippen molar-refractivity contribution in [1.29, 1.82) is 0 Å². The van der Waals surface area contributed by atoms with Gasteiger partial charge < -0.3 is 5.32 Å². The Morgan fingerprint density at radius 1 is 1.28 bits per heavy atom. The van der Waals surface area contributed by atoms with Crippen LogP contribution in [-0.2, 0) is 4.79 Å². The molecule has 0 saturated heterocycles. The second-order valence-electron chi connectivity index (χ2n) is 4.18. The molecule has 1 aliphatic heterocycles. The quantitative estimate of drug-likeness (QED) is 0.813. The van der Waals surface area contributed by atoms with E-state index < -0.39 is 11.6 Å². The van der Waals surface area contributed by atoms with Crippen LogP contribution in [0.5, 0.6) is 0 Å². The van der Waals surface area contributed by atoms with Crippen LogP contribution in [0.15, 0.2) is 24.4 Å². The van der Waals surface area contributed by atoms with Crippen molar-refractivity contribution in [2.75, 3.05) is 5.32 Å². The maximum Gasteiger partial charge on any atom is 0.226 e. The Kier molecular flexibility index (Phi) is 2.36. The van der Waals surface area contributed by atoms with Crippen molar-refractivity contribution < 1.29 is 13.6 Å². The Bertz CT molecular complexity index is 624. The molecule has 1 unspecified atom stereocenters. The Hall–Kier alpha value is -2.24.